The quantitative estimate of drug-likeness (QED) is 0.890. The van der Waals surface area contributed by atoms with Gasteiger partial charge < -0.3 is 0 Å². The number of rotatable bonds is 5. The Bertz CT molecular complexity index is 624. The van der Waals surface area contributed by atoms with Crippen LogP contribution < -0.4 is 4.72 Å². The van der Waals surface area contributed by atoms with Crippen molar-refractivity contribution in [1.82, 2.24) is 14.9 Å². The maximum atomic E-state index is 12.1. The molecule has 0 radical (unpaired) electrons. The Morgan fingerprint density at radius 3 is 2.53 bits per heavy atom. The van der Waals surface area contributed by atoms with Gasteiger partial charge in [-0.3, -0.25) is 5.10 Å². The van der Waals surface area contributed by atoms with Gasteiger partial charge in [-0.15, -0.1) is 0 Å². The molecule has 19 heavy (non-hydrogen) atoms. The molecule has 0 aliphatic heterocycles. The van der Waals surface area contributed by atoms with E-state index in [1.54, 1.807) is 12.1 Å². The van der Waals surface area contributed by atoms with Gasteiger partial charge in [0.15, 0.2) is 5.03 Å². The first kappa shape index (κ1) is 14.0. The minimum atomic E-state index is -3.59. The van der Waals surface area contributed by atoms with Crippen molar-refractivity contribution in [3.63, 3.8) is 0 Å². The highest BCUT2D eigenvalue weighted by Crippen LogP contribution is 2.21. The maximum Gasteiger partial charge on any atom is 0.258 e. The first-order valence-corrected chi connectivity index (χ1v) is 7.66. The van der Waals surface area contributed by atoms with E-state index in [9.17, 15) is 8.42 Å². The number of aromatic amines is 1. The normalized spacial score (nSPS) is 13.4. The number of halogens is 1. The van der Waals surface area contributed by atoms with Gasteiger partial charge in [0.1, 0.15) is 0 Å². The van der Waals surface area contributed by atoms with Gasteiger partial charge in [-0.1, -0.05) is 30.7 Å². The Morgan fingerprint density at radius 2 is 2.00 bits per heavy atom. The SMILES string of the molecule is CCC(NS(=O)(=O)c1ccn[nH]1)c1ccc(Cl)cc1. The van der Waals surface area contributed by atoms with Crippen LogP contribution in [0.3, 0.4) is 0 Å². The molecule has 2 rings (SSSR count). The average molecular weight is 300 g/mol. The zero-order valence-corrected chi connectivity index (χ0v) is 11.9. The Balaban J connectivity index is 2.22. The van der Waals surface area contributed by atoms with Gasteiger partial charge in [-0.2, -0.15) is 5.10 Å². The van der Waals surface area contributed by atoms with Gasteiger partial charge >= 0.3 is 0 Å². The molecule has 0 fully saturated rings. The van der Waals surface area contributed by atoms with E-state index in [-0.39, 0.29) is 11.1 Å². The third-order valence-corrected chi connectivity index (χ3v) is 4.40. The lowest BCUT2D eigenvalue weighted by Crippen LogP contribution is -2.28. The summed E-state index contributed by atoms with van der Waals surface area (Å²) in [6.45, 7) is 1.91. The second-order valence-electron chi connectivity index (χ2n) is 4.05. The molecular weight excluding hydrogens is 286 g/mol. The van der Waals surface area contributed by atoms with E-state index in [1.807, 2.05) is 19.1 Å². The fourth-order valence-electron chi connectivity index (χ4n) is 1.73. The van der Waals surface area contributed by atoms with Crippen LogP contribution in [0.2, 0.25) is 5.02 Å². The predicted molar refractivity (Wildman–Crippen MR) is 73.4 cm³/mol. The molecule has 0 aliphatic carbocycles. The van der Waals surface area contributed by atoms with Crippen LogP contribution in [0.1, 0.15) is 24.9 Å². The van der Waals surface area contributed by atoms with E-state index in [2.05, 4.69) is 14.9 Å². The molecule has 0 amide bonds. The molecular formula is C12H14ClN3O2S. The van der Waals surface area contributed by atoms with E-state index in [1.165, 1.54) is 12.3 Å². The fraction of sp³-hybridized carbons (Fsp3) is 0.250. The summed E-state index contributed by atoms with van der Waals surface area (Å²) >= 11 is 5.82. The highest BCUT2D eigenvalue weighted by atomic mass is 35.5. The number of nitrogens with one attached hydrogen (secondary N) is 2. The third-order valence-electron chi connectivity index (χ3n) is 2.74. The van der Waals surface area contributed by atoms with Gasteiger partial charge in [-0.05, 0) is 30.2 Å². The molecule has 0 saturated heterocycles. The largest absolute Gasteiger partial charge is 0.266 e. The standard InChI is InChI=1S/C12H14ClN3O2S/c1-2-11(9-3-5-10(13)6-4-9)16-19(17,18)12-7-8-14-15-12/h3-8,11,16H,2H2,1H3,(H,14,15). The summed E-state index contributed by atoms with van der Waals surface area (Å²) in [5.74, 6) is 0. The van der Waals surface area contributed by atoms with Crippen molar-refractivity contribution >= 4 is 21.6 Å². The minimum absolute atomic E-state index is 0.0555. The Kier molecular flexibility index (Phi) is 4.24. The van der Waals surface area contributed by atoms with Crippen LogP contribution in [0.15, 0.2) is 41.6 Å². The van der Waals surface area contributed by atoms with Crippen LogP contribution >= 0.6 is 11.6 Å². The van der Waals surface area contributed by atoms with Gasteiger partial charge in [0.25, 0.3) is 10.0 Å². The van der Waals surface area contributed by atoms with Crippen LogP contribution in [-0.2, 0) is 10.0 Å². The van der Waals surface area contributed by atoms with Crippen molar-refractivity contribution in [2.24, 2.45) is 0 Å². The highest BCUT2D eigenvalue weighted by Gasteiger charge is 2.21. The summed E-state index contributed by atoms with van der Waals surface area (Å²) < 4.78 is 26.8. The number of sulfonamides is 1. The number of benzene rings is 1. The monoisotopic (exact) mass is 299 g/mol. The lowest BCUT2D eigenvalue weighted by molar-refractivity contribution is 0.546. The summed E-state index contributed by atoms with van der Waals surface area (Å²) in [5.41, 5.74) is 0.870. The van der Waals surface area contributed by atoms with Gasteiger partial charge in [-0.25, -0.2) is 13.1 Å². The number of nitrogens with zero attached hydrogens (tertiary/aromatic N) is 1. The molecule has 2 N–H and O–H groups in total. The second-order valence-corrected chi connectivity index (χ2v) is 6.17. The zero-order chi connectivity index (χ0) is 13.9. The van der Waals surface area contributed by atoms with Crippen molar-refractivity contribution in [1.29, 1.82) is 0 Å². The molecule has 0 saturated carbocycles. The summed E-state index contributed by atoms with van der Waals surface area (Å²) in [6.07, 6.45) is 2.03. The van der Waals surface area contributed by atoms with E-state index in [4.69, 9.17) is 11.6 Å². The molecule has 2 aromatic rings. The molecule has 1 unspecified atom stereocenters. The third kappa shape index (κ3) is 3.34. The van der Waals surface area contributed by atoms with Gasteiger partial charge in [0, 0.05) is 11.1 Å². The Hall–Kier alpha value is -1.37. The Morgan fingerprint density at radius 1 is 1.32 bits per heavy atom. The molecule has 1 atom stereocenters. The van der Waals surface area contributed by atoms with Gasteiger partial charge in [0.05, 0.1) is 6.20 Å². The number of hydrogen-bond donors (Lipinski definition) is 2. The predicted octanol–water partition coefficient (Wildman–Crippen LogP) is 2.49. The van der Waals surface area contributed by atoms with Crippen LogP contribution in [-0.4, -0.2) is 18.6 Å². The van der Waals surface area contributed by atoms with Crippen LogP contribution in [0.25, 0.3) is 0 Å². The number of hydrogen-bond acceptors (Lipinski definition) is 3. The molecule has 0 bridgehead atoms. The maximum absolute atomic E-state index is 12.1. The zero-order valence-electron chi connectivity index (χ0n) is 10.3. The van der Waals surface area contributed by atoms with Crippen molar-refractivity contribution in [3.05, 3.63) is 47.1 Å². The molecule has 5 nitrogen and oxygen atoms in total. The summed E-state index contributed by atoms with van der Waals surface area (Å²) in [4.78, 5) is 0. The fourth-order valence-corrected chi connectivity index (χ4v) is 3.07. The van der Waals surface area contributed by atoms with Crippen LogP contribution in [0, 0.1) is 0 Å². The number of H-pyrrole nitrogens is 1. The van der Waals surface area contributed by atoms with Gasteiger partial charge in [0.2, 0.25) is 0 Å². The van der Waals surface area contributed by atoms with Crippen LogP contribution in [0.5, 0.6) is 0 Å². The van der Waals surface area contributed by atoms with Crippen molar-refractivity contribution in [2.45, 2.75) is 24.4 Å². The smallest absolute Gasteiger partial charge is 0.258 e. The summed E-state index contributed by atoms with van der Waals surface area (Å²) in [7, 11) is -3.59. The lowest BCUT2D eigenvalue weighted by Gasteiger charge is -2.16. The van der Waals surface area contributed by atoms with E-state index in [0.29, 0.717) is 11.4 Å². The second kappa shape index (κ2) is 5.73. The van der Waals surface area contributed by atoms with Crippen molar-refractivity contribution in [2.75, 3.05) is 0 Å². The number of aromatic nitrogens is 2. The van der Waals surface area contributed by atoms with E-state index < -0.39 is 10.0 Å². The van der Waals surface area contributed by atoms with Crippen molar-refractivity contribution < 1.29 is 8.42 Å². The molecule has 102 valence electrons. The van der Waals surface area contributed by atoms with Crippen LogP contribution in [0.4, 0.5) is 0 Å². The summed E-state index contributed by atoms with van der Waals surface area (Å²) in [6, 6.07) is 8.22. The minimum Gasteiger partial charge on any atom is -0.266 e. The topological polar surface area (TPSA) is 74.8 Å². The average Bonchev–Trinajstić information content (AvgIpc) is 2.92. The van der Waals surface area contributed by atoms with Crippen molar-refractivity contribution in [3.8, 4) is 0 Å². The first-order valence-electron chi connectivity index (χ1n) is 5.80. The molecule has 1 heterocycles. The molecule has 7 heteroatoms. The molecule has 1 aromatic heterocycles. The molecule has 0 spiro atoms. The summed E-state index contributed by atoms with van der Waals surface area (Å²) in [5, 5.41) is 6.77. The highest BCUT2D eigenvalue weighted by molar-refractivity contribution is 7.89. The lowest BCUT2D eigenvalue weighted by atomic mass is 10.1. The molecule has 0 aliphatic rings. The Labute approximate surface area is 117 Å². The van der Waals surface area contributed by atoms with E-state index >= 15 is 0 Å². The van der Waals surface area contributed by atoms with E-state index in [0.717, 1.165) is 5.56 Å². The first-order chi connectivity index (χ1) is 9.03. The molecule has 1 aromatic carbocycles.